The van der Waals surface area contributed by atoms with Gasteiger partial charge in [-0.25, -0.2) is 0 Å². The van der Waals surface area contributed by atoms with Gasteiger partial charge < -0.3 is 13.6 Å². The minimum Gasteiger partial charge on any atom is -0.352 e. The maximum absolute atomic E-state index is 12.4. The van der Waals surface area contributed by atoms with Gasteiger partial charge >= 0.3 is 25.7 Å². The van der Waals surface area contributed by atoms with E-state index in [0.717, 1.165) is 19.3 Å². The summed E-state index contributed by atoms with van der Waals surface area (Å²) in [5, 5.41) is 0. The van der Waals surface area contributed by atoms with E-state index in [9.17, 15) is 18.9 Å². The van der Waals surface area contributed by atoms with E-state index in [-0.39, 0.29) is 19.3 Å². The molecule has 0 amide bonds. The topological polar surface area (TPSA) is 96.0 Å². The lowest BCUT2D eigenvalue weighted by Crippen LogP contribution is -2.14. The first-order chi connectivity index (χ1) is 10.9. The van der Waals surface area contributed by atoms with E-state index in [0.29, 0.717) is 19.3 Å². The zero-order chi connectivity index (χ0) is 17.7. The number of carbonyl (C=O) groups is 3. The molecule has 0 spiro atoms. The number of carbonyl (C=O) groups excluding carboxylic acids is 3. The minimum absolute atomic E-state index is 0.0134. The Hall–Kier alpha value is -1.36. The monoisotopic (exact) mass is 350 g/mol. The summed E-state index contributed by atoms with van der Waals surface area (Å²) in [4.78, 5) is 34.9. The second-order valence-corrected chi connectivity index (χ2v) is 6.59. The van der Waals surface area contributed by atoms with Crippen LogP contribution >= 0.6 is 7.82 Å². The molecule has 0 aliphatic carbocycles. The molecule has 23 heavy (non-hydrogen) atoms. The minimum atomic E-state index is -4.56. The lowest BCUT2D eigenvalue weighted by molar-refractivity contribution is -0.144. The van der Waals surface area contributed by atoms with Crippen molar-refractivity contribution in [3.63, 3.8) is 0 Å². The van der Waals surface area contributed by atoms with Gasteiger partial charge in [-0.2, -0.15) is 4.57 Å². The molecule has 134 valence electrons. The van der Waals surface area contributed by atoms with E-state index >= 15 is 0 Å². The van der Waals surface area contributed by atoms with E-state index in [1.807, 2.05) is 20.8 Å². The number of phosphoric acid groups is 1. The highest BCUT2D eigenvalue weighted by molar-refractivity contribution is 7.50. The Balaban J connectivity index is 4.81. The summed E-state index contributed by atoms with van der Waals surface area (Å²) in [5.41, 5.74) is 0. The second-order valence-electron chi connectivity index (χ2n) is 5.15. The van der Waals surface area contributed by atoms with Gasteiger partial charge in [0.25, 0.3) is 0 Å². The molecular formula is C15H27O7P. The van der Waals surface area contributed by atoms with Gasteiger partial charge in [0.15, 0.2) is 0 Å². The zero-order valence-corrected chi connectivity index (χ0v) is 15.1. The van der Waals surface area contributed by atoms with E-state index < -0.39 is 25.7 Å². The van der Waals surface area contributed by atoms with Crippen molar-refractivity contribution in [1.82, 2.24) is 0 Å². The first-order valence-corrected chi connectivity index (χ1v) is 9.60. The van der Waals surface area contributed by atoms with Crippen LogP contribution in [-0.4, -0.2) is 17.9 Å². The van der Waals surface area contributed by atoms with Crippen molar-refractivity contribution in [3.05, 3.63) is 0 Å². The summed E-state index contributed by atoms with van der Waals surface area (Å²) in [6.07, 6.45) is 3.87. The zero-order valence-electron chi connectivity index (χ0n) is 14.2. The number of unbranched alkanes of at least 4 members (excludes halogenated alkanes) is 3. The van der Waals surface area contributed by atoms with Gasteiger partial charge in [0.05, 0.1) is 0 Å². The summed E-state index contributed by atoms with van der Waals surface area (Å²) in [6.45, 7) is 5.63. The van der Waals surface area contributed by atoms with Crippen molar-refractivity contribution < 1.29 is 32.5 Å². The van der Waals surface area contributed by atoms with Crippen LogP contribution < -0.4 is 0 Å². The Labute approximate surface area is 137 Å². The molecule has 0 unspecified atom stereocenters. The Morgan fingerprint density at radius 1 is 0.652 bits per heavy atom. The molecule has 0 rings (SSSR count). The first kappa shape index (κ1) is 21.6. The van der Waals surface area contributed by atoms with Crippen LogP contribution in [0.3, 0.4) is 0 Å². The highest BCUT2D eigenvalue weighted by Gasteiger charge is 2.38. The van der Waals surface area contributed by atoms with Crippen LogP contribution in [0.2, 0.25) is 0 Å². The van der Waals surface area contributed by atoms with Crippen LogP contribution in [0.15, 0.2) is 0 Å². The second kappa shape index (κ2) is 12.1. The van der Waals surface area contributed by atoms with Gasteiger partial charge in [-0.15, -0.1) is 0 Å². The van der Waals surface area contributed by atoms with Crippen LogP contribution in [0, 0.1) is 0 Å². The standard InChI is InChI=1S/C15H27O7P/c1-4-7-10-13(16)20-23(19,21-14(17)11-8-5-2)22-15(18)12-9-6-3/h4-12H2,1-3H3. The van der Waals surface area contributed by atoms with Crippen molar-refractivity contribution in [2.24, 2.45) is 0 Å². The van der Waals surface area contributed by atoms with Crippen LogP contribution in [0.25, 0.3) is 0 Å². The molecule has 0 saturated heterocycles. The molecular weight excluding hydrogens is 323 g/mol. The number of hydrogen-bond donors (Lipinski definition) is 0. The van der Waals surface area contributed by atoms with Crippen molar-refractivity contribution in [2.45, 2.75) is 78.6 Å². The average molecular weight is 350 g/mol. The fourth-order valence-corrected chi connectivity index (χ4v) is 2.66. The van der Waals surface area contributed by atoms with Crippen molar-refractivity contribution in [1.29, 1.82) is 0 Å². The molecule has 0 N–H and O–H groups in total. The van der Waals surface area contributed by atoms with Gasteiger partial charge in [-0.1, -0.05) is 40.0 Å². The van der Waals surface area contributed by atoms with E-state index in [1.165, 1.54) is 0 Å². The molecule has 0 bridgehead atoms. The molecule has 0 aliphatic rings. The maximum atomic E-state index is 12.4. The van der Waals surface area contributed by atoms with Gasteiger partial charge in [0.1, 0.15) is 0 Å². The van der Waals surface area contributed by atoms with E-state index in [2.05, 4.69) is 13.6 Å². The molecule has 8 heteroatoms. The normalized spacial score (nSPS) is 10.9. The third-order valence-electron chi connectivity index (χ3n) is 2.84. The third-order valence-corrected chi connectivity index (χ3v) is 4.13. The lowest BCUT2D eigenvalue weighted by Gasteiger charge is -2.16. The van der Waals surface area contributed by atoms with Crippen LogP contribution in [0.5, 0.6) is 0 Å². The van der Waals surface area contributed by atoms with E-state index in [1.54, 1.807) is 0 Å². The Morgan fingerprint density at radius 2 is 0.913 bits per heavy atom. The largest absolute Gasteiger partial charge is 0.653 e. The molecule has 0 saturated carbocycles. The van der Waals surface area contributed by atoms with Gasteiger partial charge in [-0.05, 0) is 19.3 Å². The van der Waals surface area contributed by atoms with Gasteiger partial charge in [-0.3, -0.25) is 14.4 Å². The molecule has 7 nitrogen and oxygen atoms in total. The summed E-state index contributed by atoms with van der Waals surface area (Å²) in [5.74, 6) is -2.45. The fraction of sp³-hybridized carbons (Fsp3) is 0.800. The molecule has 0 radical (unpaired) electrons. The van der Waals surface area contributed by atoms with Crippen molar-refractivity contribution in [3.8, 4) is 0 Å². The molecule has 0 aromatic heterocycles. The molecule has 0 fully saturated rings. The predicted molar refractivity (Wildman–Crippen MR) is 84.5 cm³/mol. The van der Waals surface area contributed by atoms with Crippen molar-refractivity contribution in [2.75, 3.05) is 0 Å². The Morgan fingerprint density at radius 3 is 1.13 bits per heavy atom. The number of rotatable bonds is 12. The van der Waals surface area contributed by atoms with Gasteiger partial charge in [0, 0.05) is 19.3 Å². The van der Waals surface area contributed by atoms with Gasteiger partial charge in [0.2, 0.25) is 0 Å². The molecule has 0 aromatic rings. The third kappa shape index (κ3) is 10.9. The van der Waals surface area contributed by atoms with Crippen LogP contribution in [-0.2, 0) is 32.5 Å². The molecule has 0 aliphatic heterocycles. The highest BCUT2D eigenvalue weighted by Crippen LogP contribution is 2.50. The first-order valence-electron chi connectivity index (χ1n) is 8.14. The SMILES string of the molecule is CCCCC(=O)OP(=O)(OC(=O)CCCC)OC(=O)CCCC. The van der Waals surface area contributed by atoms with Crippen molar-refractivity contribution >= 4 is 25.7 Å². The highest BCUT2D eigenvalue weighted by atomic mass is 31.2. The maximum Gasteiger partial charge on any atom is 0.653 e. The summed E-state index contributed by atoms with van der Waals surface area (Å²) >= 11 is 0. The quantitative estimate of drug-likeness (QED) is 0.484. The molecule has 0 heterocycles. The Bertz CT molecular complexity index is 372. The summed E-state index contributed by atoms with van der Waals surface area (Å²) in [6, 6.07) is 0. The summed E-state index contributed by atoms with van der Waals surface area (Å²) in [7, 11) is -4.56. The average Bonchev–Trinajstić information content (AvgIpc) is 2.48. The number of hydrogen-bond acceptors (Lipinski definition) is 7. The molecule has 0 aromatic carbocycles. The molecule has 0 atom stereocenters. The van der Waals surface area contributed by atoms with Crippen LogP contribution in [0.1, 0.15) is 78.6 Å². The smallest absolute Gasteiger partial charge is 0.352 e. The van der Waals surface area contributed by atoms with E-state index in [4.69, 9.17) is 0 Å². The van der Waals surface area contributed by atoms with Crippen LogP contribution in [0.4, 0.5) is 0 Å². The lowest BCUT2D eigenvalue weighted by atomic mass is 10.3. The fourth-order valence-electron chi connectivity index (χ4n) is 1.53. The Kier molecular flexibility index (Phi) is 11.4. The summed E-state index contributed by atoms with van der Waals surface area (Å²) < 4.78 is 26.4. The predicted octanol–water partition coefficient (Wildman–Crippen LogP) is 4.29. The number of phosphoric ester groups is 1.